The van der Waals surface area contributed by atoms with Crippen LogP contribution in [0.2, 0.25) is 0 Å². The Hall–Kier alpha value is -1.00. The van der Waals surface area contributed by atoms with E-state index in [1.165, 1.54) is 6.07 Å². The topological polar surface area (TPSA) is 23.5 Å². The third-order valence-electron chi connectivity index (χ3n) is 2.65. The molecule has 90 valence electrons. The number of likely N-dealkylation sites (N-methyl/N-ethyl adjacent to an activating group) is 1. The largest absolute Gasteiger partial charge is 0.387 e. The lowest BCUT2D eigenvalue weighted by atomic mass is 10.1. The van der Waals surface area contributed by atoms with Gasteiger partial charge in [0.25, 0.3) is 0 Å². The molecule has 0 spiro atoms. The molecule has 1 rings (SSSR count). The lowest BCUT2D eigenvalue weighted by Gasteiger charge is -2.22. The zero-order valence-corrected chi connectivity index (χ0v) is 9.58. The van der Waals surface area contributed by atoms with Crippen molar-refractivity contribution < 1.29 is 13.9 Å². The molecule has 0 fully saturated rings. The summed E-state index contributed by atoms with van der Waals surface area (Å²) in [6.45, 7) is 5.87. The van der Waals surface area contributed by atoms with E-state index in [0.29, 0.717) is 6.54 Å². The Kier molecular flexibility index (Phi) is 4.83. The molecule has 0 bridgehead atoms. The molecule has 1 aromatic carbocycles. The van der Waals surface area contributed by atoms with Crippen molar-refractivity contribution >= 4 is 0 Å². The molecular weight excluding hydrogens is 212 g/mol. The normalized spacial score (nSPS) is 13.1. The molecule has 0 aliphatic carbocycles. The summed E-state index contributed by atoms with van der Waals surface area (Å²) in [6, 6.07) is 3.24. The monoisotopic (exact) mass is 229 g/mol. The van der Waals surface area contributed by atoms with Crippen LogP contribution in [0.25, 0.3) is 0 Å². The molecule has 2 nitrogen and oxygen atoms in total. The van der Waals surface area contributed by atoms with E-state index in [-0.39, 0.29) is 5.56 Å². The average Bonchev–Trinajstić information content (AvgIpc) is 2.25. The fourth-order valence-corrected chi connectivity index (χ4v) is 1.60. The van der Waals surface area contributed by atoms with Crippen molar-refractivity contribution in [1.29, 1.82) is 0 Å². The Morgan fingerprint density at radius 1 is 1.25 bits per heavy atom. The van der Waals surface area contributed by atoms with Crippen molar-refractivity contribution in [1.82, 2.24) is 4.90 Å². The molecule has 0 heterocycles. The van der Waals surface area contributed by atoms with Gasteiger partial charge in [0.15, 0.2) is 0 Å². The highest BCUT2D eigenvalue weighted by atomic mass is 19.1. The molecule has 0 aliphatic rings. The molecule has 16 heavy (non-hydrogen) atoms. The minimum atomic E-state index is -0.916. The van der Waals surface area contributed by atoms with E-state index in [1.807, 2.05) is 18.7 Å². The number of rotatable bonds is 5. The number of halogens is 2. The Balaban J connectivity index is 2.76. The van der Waals surface area contributed by atoms with Gasteiger partial charge in [-0.1, -0.05) is 19.9 Å². The first-order valence-corrected chi connectivity index (χ1v) is 5.43. The Morgan fingerprint density at radius 2 is 1.88 bits per heavy atom. The molecular formula is C12H17F2NO. The van der Waals surface area contributed by atoms with Crippen molar-refractivity contribution in [2.45, 2.75) is 20.0 Å². The van der Waals surface area contributed by atoms with Crippen molar-refractivity contribution in [2.75, 3.05) is 19.6 Å². The van der Waals surface area contributed by atoms with E-state index in [4.69, 9.17) is 0 Å². The van der Waals surface area contributed by atoms with Gasteiger partial charge in [0, 0.05) is 18.2 Å². The predicted molar refractivity (Wildman–Crippen MR) is 59.1 cm³/mol. The van der Waals surface area contributed by atoms with Crippen molar-refractivity contribution in [3.05, 3.63) is 35.4 Å². The van der Waals surface area contributed by atoms with E-state index in [9.17, 15) is 13.9 Å². The van der Waals surface area contributed by atoms with Crippen molar-refractivity contribution in [3.63, 3.8) is 0 Å². The summed E-state index contributed by atoms with van der Waals surface area (Å²) in [5, 5.41) is 9.82. The van der Waals surface area contributed by atoms with Crippen LogP contribution >= 0.6 is 0 Å². The molecule has 1 unspecified atom stereocenters. The van der Waals surface area contributed by atoms with Gasteiger partial charge in [-0.05, 0) is 19.2 Å². The van der Waals surface area contributed by atoms with Crippen LogP contribution in [0.4, 0.5) is 8.78 Å². The highest BCUT2D eigenvalue weighted by molar-refractivity contribution is 5.21. The third-order valence-corrected chi connectivity index (χ3v) is 2.65. The molecule has 0 amide bonds. The fourth-order valence-electron chi connectivity index (χ4n) is 1.60. The second kappa shape index (κ2) is 5.92. The van der Waals surface area contributed by atoms with Crippen LogP contribution in [-0.4, -0.2) is 29.6 Å². The van der Waals surface area contributed by atoms with Crippen molar-refractivity contribution in [2.24, 2.45) is 0 Å². The van der Waals surface area contributed by atoms with Crippen LogP contribution in [0.3, 0.4) is 0 Å². The molecule has 1 N–H and O–H groups in total. The summed E-state index contributed by atoms with van der Waals surface area (Å²) >= 11 is 0. The number of benzene rings is 1. The van der Waals surface area contributed by atoms with E-state index >= 15 is 0 Å². The number of aliphatic hydroxyl groups is 1. The zero-order chi connectivity index (χ0) is 12.1. The van der Waals surface area contributed by atoms with Crippen LogP contribution < -0.4 is 0 Å². The molecule has 4 heteroatoms. The van der Waals surface area contributed by atoms with Gasteiger partial charge in [-0.3, -0.25) is 0 Å². The second-order valence-electron chi connectivity index (χ2n) is 3.67. The predicted octanol–water partition coefficient (Wildman–Crippen LogP) is 2.34. The lowest BCUT2D eigenvalue weighted by Crippen LogP contribution is -2.28. The van der Waals surface area contributed by atoms with E-state index in [1.54, 1.807) is 0 Å². The first-order valence-electron chi connectivity index (χ1n) is 5.43. The quantitative estimate of drug-likeness (QED) is 0.837. The minimum Gasteiger partial charge on any atom is -0.387 e. The first-order chi connectivity index (χ1) is 7.58. The fraction of sp³-hybridized carbons (Fsp3) is 0.500. The summed E-state index contributed by atoms with van der Waals surface area (Å²) in [4.78, 5) is 1.98. The number of hydrogen-bond acceptors (Lipinski definition) is 2. The van der Waals surface area contributed by atoms with Gasteiger partial charge >= 0.3 is 0 Å². The minimum absolute atomic E-state index is 0.147. The van der Waals surface area contributed by atoms with Gasteiger partial charge in [0.05, 0.1) is 6.10 Å². The summed E-state index contributed by atoms with van der Waals surface area (Å²) in [7, 11) is 0. The van der Waals surface area contributed by atoms with Crippen LogP contribution in [-0.2, 0) is 0 Å². The molecule has 0 saturated carbocycles. The summed E-state index contributed by atoms with van der Waals surface area (Å²) < 4.78 is 26.0. The molecule has 0 radical (unpaired) electrons. The van der Waals surface area contributed by atoms with E-state index in [0.717, 1.165) is 25.2 Å². The number of aliphatic hydroxyl groups excluding tert-OH is 1. The average molecular weight is 229 g/mol. The van der Waals surface area contributed by atoms with E-state index < -0.39 is 17.7 Å². The maximum Gasteiger partial charge on any atom is 0.131 e. The Labute approximate surface area is 94.5 Å². The van der Waals surface area contributed by atoms with Gasteiger partial charge in [-0.2, -0.15) is 0 Å². The molecule has 0 aromatic heterocycles. The van der Waals surface area contributed by atoms with Crippen LogP contribution in [0, 0.1) is 11.6 Å². The van der Waals surface area contributed by atoms with E-state index in [2.05, 4.69) is 0 Å². The number of hydrogen-bond donors (Lipinski definition) is 1. The zero-order valence-electron chi connectivity index (χ0n) is 9.58. The summed E-state index contributed by atoms with van der Waals surface area (Å²) in [5.41, 5.74) is 0.147. The van der Waals surface area contributed by atoms with Gasteiger partial charge < -0.3 is 10.0 Å². The first kappa shape index (κ1) is 13.1. The van der Waals surface area contributed by atoms with Gasteiger partial charge in [0.2, 0.25) is 0 Å². The maximum absolute atomic E-state index is 13.3. The van der Waals surface area contributed by atoms with Crippen LogP contribution in [0.1, 0.15) is 25.5 Å². The van der Waals surface area contributed by atoms with Gasteiger partial charge in [0.1, 0.15) is 11.6 Å². The molecule has 0 aliphatic heterocycles. The standard InChI is InChI=1S/C12H17F2NO/c1-3-15(4-2)8-12(16)10-6-5-9(13)7-11(10)14/h5-7,12,16H,3-4,8H2,1-2H3. The lowest BCUT2D eigenvalue weighted by molar-refractivity contribution is 0.116. The highest BCUT2D eigenvalue weighted by Gasteiger charge is 2.15. The molecule has 0 saturated heterocycles. The SMILES string of the molecule is CCN(CC)CC(O)c1ccc(F)cc1F. The highest BCUT2D eigenvalue weighted by Crippen LogP contribution is 2.18. The smallest absolute Gasteiger partial charge is 0.131 e. The van der Waals surface area contributed by atoms with Crippen molar-refractivity contribution in [3.8, 4) is 0 Å². The summed E-state index contributed by atoms with van der Waals surface area (Å²) in [5.74, 6) is -1.32. The molecule has 1 atom stereocenters. The second-order valence-corrected chi connectivity index (χ2v) is 3.67. The van der Waals surface area contributed by atoms with Crippen LogP contribution in [0.15, 0.2) is 18.2 Å². The Morgan fingerprint density at radius 3 is 2.38 bits per heavy atom. The van der Waals surface area contributed by atoms with Gasteiger partial charge in [-0.15, -0.1) is 0 Å². The number of nitrogens with zero attached hydrogens (tertiary/aromatic N) is 1. The van der Waals surface area contributed by atoms with Gasteiger partial charge in [-0.25, -0.2) is 8.78 Å². The maximum atomic E-state index is 13.3. The Bertz CT molecular complexity index is 340. The summed E-state index contributed by atoms with van der Waals surface area (Å²) in [6.07, 6.45) is -0.916. The van der Waals surface area contributed by atoms with Crippen LogP contribution in [0.5, 0.6) is 0 Å². The third kappa shape index (κ3) is 3.25. The molecule has 1 aromatic rings.